The van der Waals surface area contributed by atoms with E-state index in [0.717, 1.165) is 22.0 Å². The Morgan fingerprint density at radius 2 is 1.79 bits per heavy atom. The zero-order chi connectivity index (χ0) is 21.0. The second kappa shape index (κ2) is 9.31. The summed E-state index contributed by atoms with van der Waals surface area (Å²) >= 11 is 11.4. The molecule has 1 heterocycles. The number of hydrogen-bond donors (Lipinski definition) is 4. The van der Waals surface area contributed by atoms with Crippen LogP contribution in [-0.2, 0) is 9.59 Å². The summed E-state index contributed by atoms with van der Waals surface area (Å²) in [6, 6.07) is 14.4. The van der Waals surface area contributed by atoms with Crippen LogP contribution in [0.25, 0.3) is 10.9 Å². The number of rotatable bonds is 7. The van der Waals surface area contributed by atoms with Crippen molar-refractivity contribution in [2.24, 2.45) is 0 Å². The molecule has 3 rings (SSSR count). The standard InChI is InChI=1S/C21H21Cl2N3O3/c1-12(28)25-14-8-6-13(7-9-14)19(18(11-27)26-21(29)20(22)23)16-10-24-17-5-3-2-4-15(16)17/h2-10,18-20,24,27H,11H2,1H3,(H,25,28)(H,26,29). The Morgan fingerprint density at radius 3 is 2.41 bits per heavy atom. The fraction of sp³-hybridized carbons (Fsp3) is 0.238. The van der Waals surface area contributed by atoms with Gasteiger partial charge in [-0.25, -0.2) is 0 Å². The molecule has 152 valence electrons. The molecule has 0 radical (unpaired) electrons. The molecule has 8 heteroatoms. The minimum atomic E-state index is -1.24. The predicted molar refractivity (Wildman–Crippen MR) is 115 cm³/mol. The number of carbonyl (C=O) groups is 2. The van der Waals surface area contributed by atoms with Gasteiger partial charge in [0.05, 0.1) is 12.6 Å². The van der Waals surface area contributed by atoms with Crippen molar-refractivity contribution >= 4 is 51.6 Å². The van der Waals surface area contributed by atoms with Crippen LogP contribution in [0.1, 0.15) is 24.0 Å². The summed E-state index contributed by atoms with van der Waals surface area (Å²) in [6.45, 7) is 1.12. The lowest BCUT2D eigenvalue weighted by atomic mass is 9.85. The van der Waals surface area contributed by atoms with Crippen molar-refractivity contribution in [2.75, 3.05) is 11.9 Å². The third kappa shape index (κ3) is 4.90. The summed E-state index contributed by atoms with van der Waals surface area (Å²) in [6.07, 6.45) is 1.87. The maximum atomic E-state index is 12.1. The fourth-order valence-corrected chi connectivity index (χ4v) is 3.56. The van der Waals surface area contributed by atoms with Gasteiger partial charge in [-0.2, -0.15) is 0 Å². The van der Waals surface area contributed by atoms with Crippen molar-refractivity contribution in [1.29, 1.82) is 0 Å². The average molecular weight is 434 g/mol. The number of aromatic amines is 1. The highest BCUT2D eigenvalue weighted by Crippen LogP contribution is 2.34. The zero-order valence-corrected chi connectivity index (χ0v) is 17.2. The number of hydrogen-bond acceptors (Lipinski definition) is 3. The summed E-state index contributed by atoms with van der Waals surface area (Å²) in [5, 5.41) is 16.5. The van der Waals surface area contributed by atoms with Crippen LogP contribution in [0.5, 0.6) is 0 Å². The van der Waals surface area contributed by atoms with Gasteiger partial charge in [-0.05, 0) is 29.3 Å². The molecule has 0 spiro atoms. The number of alkyl halides is 2. The average Bonchev–Trinajstić information content (AvgIpc) is 3.12. The Labute approximate surface area is 178 Å². The van der Waals surface area contributed by atoms with E-state index < -0.39 is 16.8 Å². The number of amides is 2. The molecule has 0 saturated heterocycles. The Morgan fingerprint density at radius 1 is 1.10 bits per heavy atom. The molecule has 0 bridgehead atoms. The largest absolute Gasteiger partial charge is 0.394 e. The normalized spacial score (nSPS) is 13.3. The fourth-order valence-electron chi connectivity index (χ4n) is 3.44. The molecule has 2 aromatic carbocycles. The number of halogens is 2. The first kappa shape index (κ1) is 21.2. The molecule has 2 amide bonds. The zero-order valence-electron chi connectivity index (χ0n) is 15.7. The number of aliphatic hydroxyl groups excluding tert-OH is 1. The number of aromatic nitrogens is 1. The topological polar surface area (TPSA) is 94.2 Å². The monoisotopic (exact) mass is 433 g/mol. The van der Waals surface area contributed by atoms with Crippen molar-refractivity contribution in [3.05, 3.63) is 65.9 Å². The summed E-state index contributed by atoms with van der Waals surface area (Å²) in [4.78, 5) is 25.4. The minimum Gasteiger partial charge on any atom is -0.394 e. The summed E-state index contributed by atoms with van der Waals surface area (Å²) in [7, 11) is 0. The molecule has 0 aliphatic rings. The van der Waals surface area contributed by atoms with E-state index >= 15 is 0 Å². The quantitative estimate of drug-likeness (QED) is 0.429. The van der Waals surface area contributed by atoms with Gasteiger partial charge in [0.2, 0.25) is 5.91 Å². The van der Waals surface area contributed by atoms with Gasteiger partial charge in [0.15, 0.2) is 4.84 Å². The van der Waals surface area contributed by atoms with Crippen LogP contribution in [-0.4, -0.2) is 39.4 Å². The van der Waals surface area contributed by atoms with E-state index in [1.54, 1.807) is 12.1 Å². The van der Waals surface area contributed by atoms with Crippen molar-refractivity contribution in [3.8, 4) is 0 Å². The van der Waals surface area contributed by atoms with Crippen LogP contribution in [0.15, 0.2) is 54.7 Å². The molecule has 3 aromatic rings. The molecule has 2 unspecified atom stereocenters. The van der Waals surface area contributed by atoms with E-state index in [4.69, 9.17) is 23.2 Å². The summed E-state index contributed by atoms with van der Waals surface area (Å²) in [5.74, 6) is -1.12. The molecule has 6 nitrogen and oxygen atoms in total. The van der Waals surface area contributed by atoms with Crippen LogP contribution in [0.3, 0.4) is 0 Å². The molecule has 4 N–H and O–H groups in total. The van der Waals surface area contributed by atoms with Crippen LogP contribution >= 0.6 is 23.2 Å². The third-order valence-corrected chi connectivity index (χ3v) is 5.07. The van der Waals surface area contributed by atoms with Gasteiger partial charge in [-0.3, -0.25) is 9.59 Å². The third-order valence-electron chi connectivity index (χ3n) is 4.67. The second-order valence-electron chi connectivity index (χ2n) is 6.67. The lowest BCUT2D eigenvalue weighted by Gasteiger charge is -2.27. The number of benzene rings is 2. The number of nitrogens with one attached hydrogen (secondary N) is 3. The molecule has 0 aliphatic carbocycles. The van der Waals surface area contributed by atoms with Crippen LogP contribution in [0, 0.1) is 0 Å². The maximum Gasteiger partial charge on any atom is 0.253 e. The lowest BCUT2D eigenvalue weighted by Crippen LogP contribution is -2.44. The van der Waals surface area contributed by atoms with E-state index in [1.807, 2.05) is 42.6 Å². The summed E-state index contributed by atoms with van der Waals surface area (Å²) in [5.41, 5.74) is 3.36. The van der Waals surface area contributed by atoms with E-state index in [9.17, 15) is 14.7 Å². The van der Waals surface area contributed by atoms with E-state index in [1.165, 1.54) is 6.92 Å². The predicted octanol–water partition coefficient (Wildman–Crippen LogP) is 3.54. The summed E-state index contributed by atoms with van der Waals surface area (Å²) < 4.78 is 0. The molecule has 1 aromatic heterocycles. The molecule has 0 aliphatic heterocycles. The van der Waals surface area contributed by atoms with Gasteiger partial charge < -0.3 is 20.7 Å². The number of carbonyl (C=O) groups excluding carboxylic acids is 2. The van der Waals surface area contributed by atoms with Crippen molar-refractivity contribution in [1.82, 2.24) is 10.3 Å². The van der Waals surface area contributed by atoms with Crippen molar-refractivity contribution in [2.45, 2.75) is 23.7 Å². The Bertz CT molecular complexity index is 1000. The number of fused-ring (bicyclic) bond motifs is 1. The second-order valence-corrected chi connectivity index (χ2v) is 7.77. The minimum absolute atomic E-state index is 0.165. The number of para-hydroxylation sites is 1. The molecular weight excluding hydrogens is 413 g/mol. The van der Waals surface area contributed by atoms with Crippen LogP contribution < -0.4 is 10.6 Å². The van der Waals surface area contributed by atoms with Gasteiger partial charge in [0, 0.05) is 35.6 Å². The first-order chi connectivity index (χ1) is 13.9. The van der Waals surface area contributed by atoms with Crippen LogP contribution in [0.4, 0.5) is 5.69 Å². The van der Waals surface area contributed by atoms with Gasteiger partial charge in [-0.15, -0.1) is 0 Å². The lowest BCUT2D eigenvalue weighted by molar-refractivity contribution is -0.120. The van der Waals surface area contributed by atoms with E-state index in [-0.39, 0.29) is 18.4 Å². The highest BCUT2D eigenvalue weighted by molar-refractivity contribution is 6.53. The number of H-pyrrole nitrogens is 1. The maximum absolute atomic E-state index is 12.1. The first-order valence-electron chi connectivity index (χ1n) is 9.03. The molecular formula is C21H21Cl2N3O3. The molecule has 2 atom stereocenters. The number of aliphatic hydroxyl groups is 1. The van der Waals surface area contributed by atoms with Crippen molar-refractivity contribution in [3.63, 3.8) is 0 Å². The van der Waals surface area contributed by atoms with Crippen molar-refractivity contribution < 1.29 is 14.7 Å². The highest BCUT2D eigenvalue weighted by atomic mass is 35.5. The van der Waals surface area contributed by atoms with E-state index in [2.05, 4.69) is 15.6 Å². The molecule has 0 saturated carbocycles. The molecule has 0 fully saturated rings. The Kier molecular flexibility index (Phi) is 6.79. The molecule has 29 heavy (non-hydrogen) atoms. The van der Waals surface area contributed by atoms with Gasteiger partial charge in [0.25, 0.3) is 5.91 Å². The van der Waals surface area contributed by atoms with Gasteiger partial charge in [-0.1, -0.05) is 53.5 Å². The highest BCUT2D eigenvalue weighted by Gasteiger charge is 2.29. The Balaban J connectivity index is 2.05. The van der Waals surface area contributed by atoms with Gasteiger partial charge >= 0.3 is 0 Å². The SMILES string of the molecule is CC(=O)Nc1ccc(C(c2c[nH]c3ccccc23)C(CO)NC(=O)C(Cl)Cl)cc1. The van der Waals surface area contributed by atoms with E-state index in [0.29, 0.717) is 5.69 Å². The smallest absolute Gasteiger partial charge is 0.253 e. The number of anilines is 1. The Hall–Kier alpha value is -2.54. The first-order valence-corrected chi connectivity index (χ1v) is 9.91. The van der Waals surface area contributed by atoms with Gasteiger partial charge in [0.1, 0.15) is 0 Å². The van der Waals surface area contributed by atoms with Crippen LogP contribution in [0.2, 0.25) is 0 Å².